The van der Waals surface area contributed by atoms with Crippen molar-refractivity contribution in [1.29, 1.82) is 0 Å². The van der Waals surface area contributed by atoms with Gasteiger partial charge in [-0.3, -0.25) is 4.99 Å². The first kappa shape index (κ1) is 12.6. The number of guanidine groups is 1. The number of benzene rings is 1. The Morgan fingerprint density at radius 1 is 1.50 bits per heavy atom. The summed E-state index contributed by atoms with van der Waals surface area (Å²) in [5.74, 6) is 1.52. The molecular formula is C11H16ClN3O. The monoisotopic (exact) mass is 241 g/mol. The standard InChI is InChI=1S/C11H16ClN3O/c1-13-11(14-2)15-6-7-16-10-5-3-4-9(12)8-10/h3-5,8H,6-7H2,1-2H3,(H2,13,14,15). The van der Waals surface area contributed by atoms with E-state index in [9.17, 15) is 0 Å². The Morgan fingerprint density at radius 3 is 2.94 bits per heavy atom. The molecule has 1 rings (SSSR count). The number of nitrogens with zero attached hydrogens (tertiary/aromatic N) is 1. The van der Waals surface area contributed by atoms with Gasteiger partial charge in [0.05, 0.1) is 6.54 Å². The van der Waals surface area contributed by atoms with Gasteiger partial charge >= 0.3 is 0 Å². The van der Waals surface area contributed by atoms with Gasteiger partial charge in [0, 0.05) is 19.1 Å². The summed E-state index contributed by atoms with van der Waals surface area (Å²) in [5, 5.41) is 6.68. The number of halogens is 1. The zero-order valence-electron chi connectivity index (χ0n) is 9.46. The van der Waals surface area contributed by atoms with Crippen LogP contribution in [0.25, 0.3) is 0 Å². The third kappa shape index (κ3) is 4.40. The third-order valence-electron chi connectivity index (χ3n) is 1.92. The largest absolute Gasteiger partial charge is 0.492 e. The third-order valence-corrected chi connectivity index (χ3v) is 2.15. The lowest BCUT2D eigenvalue weighted by molar-refractivity contribution is 0.322. The van der Waals surface area contributed by atoms with Crippen molar-refractivity contribution in [1.82, 2.24) is 10.6 Å². The lowest BCUT2D eigenvalue weighted by Crippen LogP contribution is -2.37. The highest BCUT2D eigenvalue weighted by Crippen LogP contribution is 2.16. The van der Waals surface area contributed by atoms with Crippen molar-refractivity contribution >= 4 is 17.6 Å². The normalized spacial score (nSPS) is 11.1. The maximum absolute atomic E-state index is 5.83. The van der Waals surface area contributed by atoms with Gasteiger partial charge in [0.25, 0.3) is 0 Å². The van der Waals surface area contributed by atoms with Crippen LogP contribution in [0.5, 0.6) is 5.75 Å². The highest BCUT2D eigenvalue weighted by Gasteiger charge is 1.95. The van der Waals surface area contributed by atoms with Crippen LogP contribution in [0.3, 0.4) is 0 Å². The van der Waals surface area contributed by atoms with E-state index in [4.69, 9.17) is 16.3 Å². The van der Waals surface area contributed by atoms with E-state index in [1.54, 1.807) is 13.1 Å². The van der Waals surface area contributed by atoms with Crippen LogP contribution in [-0.4, -0.2) is 33.2 Å². The first-order valence-corrected chi connectivity index (χ1v) is 5.41. The maximum Gasteiger partial charge on any atom is 0.190 e. The van der Waals surface area contributed by atoms with E-state index >= 15 is 0 Å². The zero-order valence-corrected chi connectivity index (χ0v) is 10.2. The first-order chi connectivity index (χ1) is 7.76. The molecule has 0 radical (unpaired) electrons. The number of aliphatic imine (C=N–C) groups is 1. The number of nitrogens with one attached hydrogen (secondary N) is 2. The van der Waals surface area contributed by atoms with Crippen LogP contribution < -0.4 is 15.4 Å². The molecule has 0 unspecified atom stereocenters. The van der Waals surface area contributed by atoms with Crippen LogP contribution in [0.15, 0.2) is 29.3 Å². The fourth-order valence-electron chi connectivity index (χ4n) is 1.17. The van der Waals surface area contributed by atoms with Crippen molar-refractivity contribution in [3.8, 4) is 5.75 Å². The molecule has 2 N–H and O–H groups in total. The fraction of sp³-hybridized carbons (Fsp3) is 0.364. The van der Waals surface area contributed by atoms with Crippen LogP contribution in [0.1, 0.15) is 0 Å². The fourth-order valence-corrected chi connectivity index (χ4v) is 1.35. The smallest absolute Gasteiger partial charge is 0.190 e. The molecule has 0 amide bonds. The van der Waals surface area contributed by atoms with Gasteiger partial charge < -0.3 is 15.4 Å². The minimum absolute atomic E-state index is 0.557. The Balaban J connectivity index is 2.26. The molecule has 0 saturated heterocycles. The van der Waals surface area contributed by atoms with Crippen molar-refractivity contribution in [3.05, 3.63) is 29.3 Å². The van der Waals surface area contributed by atoms with E-state index in [1.165, 1.54) is 0 Å². The maximum atomic E-state index is 5.83. The van der Waals surface area contributed by atoms with Crippen LogP contribution >= 0.6 is 11.6 Å². The second kappa shape index (κ2) is 6.95. The minimum Gasteiger partial charge on any atom is -0.492 e. The summed E-state index contributed by atoms with van der Waals surface area (Å²) in [6.07, 6.45) is 0. The molecule has 1 aromatic rings. The van der Waals surface area contributed by atoms with Gasteiger partial charge in [0.15, 0.2) is 5.96 Å². The lowest BCUT2D eigenvalue weighted by atomic mass is 10.3. The predicted octanol–water partition coefficient (Wildman–Crippen LogP) is 1.51. The molecule has 16 heavy (non-hydrogen) atoms. The molecule has 5 heteroatoms. The number of ether oxygens (including phenoxy) is 1. The summed E-state index contributed by atoms with van der Waals surface area (Å²) < 4.78 is 5.50. The lowest BCUT2D eigenvalue weighted by Gasteiger charge is -2.09. The number of rotatable bonds is 4. The highest BCUT2D eigenvalue weighted by atomic mass is 35.5. The molecule has 0 bridgehead atoms. The van der Waals surface area contributed by atoms with Gasteiger partial charge in [-0.2, -0.15) is 0 Å². The molecule has 0 spiro atoms. The molecule has 0 aromatic heterocycles. The Labute approximate surface area is 101 Å². The summed E-state index contributed by atoms with van der Waals surface area (Å²) in [7, 11) is 3.53. The average Bonchev–Trinajstić information content (AvgIpc) is 2.29. The molecule has 0 aliphatic carbocycles. The van der Waals surface area contributed by atoms with Crippen molar-refractivity contribution in [2.45, 2.75) is 0 Å². The van der Waals surface area contributed by atoms with E-state index in [0.29, 0.717) is 18.2 Å². The molecule has 0 atom stereocenters. The molecule has 0 fully saturated rings. The summed E-state index contributed by atoms with van der Waals surface area (Å²) in [4.78, 5) is 3.98. The molecule has 4 nitrogen and oxygen atoms in total. The van der Waals surface area contributed by atoms with Gasteiger partial charge in [-0.1, -0.05) is 17.7 Å². The van der Waals surface area contributed by atoms with Crippen molar-refractivity contribution in [2.75, 3.05) is 27.2 Å². The van der Waals surface area contributed by atoms with Gasteiger partial charge in [-0.25, -0.2) is 0 Å². The molecule has 0 heterocycles. The topological polar surface area (TPSA) is 45.7 Å². The molecule has 0 aliphatic heterocycles. The van der Waals surface area contributed by atoms with Crippen LogP contribution in [0.2, 0.25) is 5.02 Å². The van der Waals surface area contributed by atoms with E-state index in [2.05, 4.69) is 15.6 Å². The van der Waals surface area contributed by atoms with Crippen molar-refractivity contribution in [3.63, 3.8) is 0 Å². The Hall–Kier alpha value is -1.42. The summed E-state index contributed by atoms with van der Waals surface area (Å²) >= 11 is 5.83. The Kier molecular flexibility index (Phi) is 5.50. The first-order valence-electron chi connectivity index (χ1n) is 5.03. The van der Waals surface area contributed by atoms with E-state index in [1.807, 2.05) is 25.2 Å². The molecule has 0 aliphatic rings. The number of hydrogen-bond acceptors (Lipinski definition) is 2. The highest BCUT2D eigenvalue weighted by molar-refractivity contribution is 6.30. The van der Waals surface area contributed by atoms with Gasteiger partial charge in [-0.05, 0) is 18.2 Å². The molecule has 1 aromatic carbocycles. The predicted molar refractivity (Wildman–Crippen MR) is 67.4 cm³/mol. The molecule has 88 valence electrons. The van der Waals surface area contributed by atoms with Crippen LogP contribution in [0.4, 0.5) is 0 Å². The van der Waals surface area contributed by atoms with Crippen LogP contribution in [-0.2, 0) is 0 Å². The summed E-state index contributed by atoms with van der Waals surface area (Å²) in [6, 6.07) is 7.33. The van der Waals surface area contributed by atoms with Gasteiger partial charge in [0.1, 0.15) is 12.4 Å². The van der Waals surface area contributed by atoms with Gasteiger partial charge in [0.2, 0.25) is 0 Å². The quantitative estimate of drug-likeness (QED) is 0.477. The molecule has 0 saturated carbocycles. The second-order valence-corrected chi connectivity index (χ2v) is 3.49. The average molecular weight is 242 g/mol. The van der Waals surface area contributed by atoms with Crippen LogP contribution in [0, 0.1) is 0 Å². The second-order valence-electron chi connectivity index (χ2n) is 3.05. The zero-order chi connectivity index (χ0) is 11.8. The summed E-state index contributed by atoms with van der Waals surface area (Å²) in [5.41, 5.74) is 0. The van der Waals surface area contributed by atoms with Crippen molar-refractivity contribution in [2.24, 2.45) is 4.99 Å². The van der Waals surface area contributed by atoms with E-state index in [0.717, 1.165) is 11.7 Å². The van der Waals surface area contributed by atoms with E-state index < -0.39 is 0 Å². The Morgan fingerprint density at radius 2 is 2.31 bits per heavy atom. The van der Waals surface area contributed by atoms with Gasteiger partial charge in [-0.15, -0.1) is 0 Å². The van der Waals surface area contributed by atoms with E-state index in [-0.39, 0.29) is 0 Å². The number of hydrogen-bond donors (Lipinski definition) is 2. The Bertz CT molecular complexity index is 355. The minimum atomic E-state index is 0.557. The summed E-state index contributed by atoms with van der Waals surface area (Å²) in [6.45, 7) is 1.24. The molecular weight excluding hydrogens is 226 g/mol. The SMILES string of the molecule is CN=C(NC)NCCOc1cccc(Cl)c1. The van der Waals surface area contributed by atoms with Crippen molar-refractivity contribution < 1.29 is 4.74 Å².